The number of methoxy groups -OCH3 is 3. The van der Waals surface area contributed by atoms with E-state index in [9.17, 15) is 9.59 Å². The van der Waals surface area contributed by atoms with E-state index in [0.29, 0.717) is 41.5 Å². The summed E-state index contributed by atoms with van der Waals surface area (Å²) in [4.78, 5) is 29.8. The van der Waals surface area contributed by atoms with Crippen molar-refractivity contribution in [2.24, 2.45) is 7.05 Å². The summed E-state index contributed by atoms with van der Waals surface area (Å²) >= 11 is 0. The summed E-state index contributed by atoms with van der Waals surface area (Å²) in [7, 11) is 6.70. The van der Waals surface area contributed by atoms with Gasteiger partial charge in [0.1, 0.15) is 11.5 Å². The number of ether oxygens (including phenoxy) is 3. The van der Waals surface area contributed by atoms with Crippen molar-refractivity contribution < 1.29 is 23.8 Å². The highest BCUT2D eigenvalue weighted by Gasteiger charge is 2.45. The molecular weight excluding hydrogens is 482 g/mol. The second kappa shape index (κ2) is 10.6. The second-order valence-corrected chi connectivity index (χ2v) is 9.27. The van der Waals surface area contributed by atoms with Gasteiger partial charge in [-0.05, 0) is 29.8 Å². The molecule has 4 aromatic rings. The third kappa shape index (κ3) is 4.37. The maximum atomic E-state index is 14.2. The van der Waals surface area contributed by atoms with Crippen LogP contribution in [0.2, 0.25) is 0 Å². The molecule has 2 heterocycles. The predicted molar refractivity (Wildman–Crippen MR) is 146 cm³/mol. The summed E-state index contributed by atoms with van der Waals surface area (Å²) in [5, 5.41) is 4.07. The van der Waals surface area contributed by atoms with Crippen molar-refractivity contribution in [1.82, 2.24) is 9.47 Å². The number of aryl methyl sites for hydroxylation is 1. The fourth-order valence-corrected chi connectivity index (χ4v) is 5.38. The van der Waals surface area contributed by atoms with E-state index in [1.807, 2.05) is 60.3 Å². The Morgan fingerprint density at radius 1 is 0.947 bits per heavy atom. The lowest BCUT2D eigenvalue weighted by Crippen LogP contribution is -2.47. The summed E-state index contributed by atoms with van der Waals surface area (Å²) in [6, 6.07) is 20.1. The van der Waals surface area contributed by atoms with Gasteiger partial charge in [-0.3, -0.25) is 9.59 Å². The lowest BCUT2D eigenvalue weighted by atomic mass is 9.79. The average Bonchev–Trinajstić information content (AvgIpc) is 3.28. The van der Waals surface area contributed by atoms with E-state index < -0.39 is 12.0 Å². The number of amides is 2. The van der Waals surface area contributed by atoms with Gasteiger partial charge in [-0.15, -0.1) is 0 Å². The van der Waals surface area contributed by atoms with E-state index in [4.69, 9.17) is 14.2 Å². The maximum absolute atomic E-state index is 14.2. The number of benzene rings is 3. The summed E-state index contributed by atoms with van der Waals surface area (Å²) in [5.41, 5.74) is 3.66. The van der Waals surface area contributed by atoms with Gasteiger partial charge >= 0.3 is 0 Å². The van der Waals surface area contributed by atoms with E-state index in [2.05, 4.69) is 5.32 Å². The molecule has 0 saturated carbocycles. The predicted octanol–water partition coefficient (Wildman–Crippen LogP) is 4.76. The Labute approximate surface area is 221 Å². The smallest absolute Gasteiger partial charge is 0.254 e. The highest BCUT2D eigenvalue weighted by molar-refractivity contribution is 6.05. The lowest BCUT2D eigenvalue weighted by molar-refractivity contribution is -0.119. The molecule has 1 aliphatic heterocycles. The molecule has 0 unspecified atom stereocenters. The van der Waals surface area contributed by atoms with Crippen LogP contribution < -0.4 is 14.8 Å². The number of rotatable bonds is 8. The van der Waals surface area contributed by atoms with Gasteiger partial charge in [-0.1, -0.05) is 36.4 Å². The van der Waals surface area contributed by atoms with Crippen LogP contribution in [0.15, 0.2) is 72.9 Å². The van der Waals surface area contributed by atoms with Crippen molar-refractivity contribution in [3.05, 3.63) is 89.6 Å². The van der Waals surface area contributed by atoms with Crippen molar-refractivity contribution >= 4 is 28.4 Å². The number of anilines is 1. The molecule has 0 spiro atoms. The van der Waals surface area contributed by atoms with Crippen LogP contribution in [-0.4, -0.2) is 55.8 Å². The van der Waals surface area contributed by atoms with Gasteiger partial charge in [0.2, 0.25) is 5.91 Å². The highest BCUT2D eigenvalue weighted by Crippen LogP contribution is 2.46. The minimum absolute atomic E-state index is 0.123. The number of fused-ring (bicyclic) bond motifs is 2. The van der Waals surface area contributed by atoms with Crippen molar-refractivity contribution in [2.45, 2.75) is 12.0 Å². The number of carbonyl (C=O) groups is 2. The summed E-state index contributed by atoms with van der Waals surface area (Å²) in [6.07, 6.45) is 2.02. The SMILES string of the molecule is COCCN1C(=O)c2ccccc2[C@H](C(=O)Nc2ccc(OC)cc2OC)[C@@H]1c1cn(C)c2ccccc12. The van der Waals surface area contributed by atoms with Crippen LogP contribution in [0.3, 0.4) is 0 Å². The molecule has 2 amide bonds. The van der Waals surface area contributed by atoms with Gasteiger partial charge < -0.3 is 29.0 Å². The zero-order chi connectivity index (χ0) is 26.8. The Morgan fingerprint density at radius 3 is 2.47 bits per heavy atom. The number of para-hydroxylation sites is 1. The standard InChI is InChI=1S/C30H31N3O5/c1-32-18-23(20-9-7-8-12-25(20)32)28-27(29(34)31-24-14-13-19(37-3)17-26(24)38-4)21-10-5-6-11-22(21)30(35)33(28)15-16-36-2/h5-14,17-18,27-28H,15-16H2,1-4H3,(H,31,34)/t27-,28-/m0/s1. The van der Waals surface area contributed by atoms with Crippen molar-refractivity contribution in [3.63, 3.8) is 0 Å². The summed E-state index contributed by atoms with van der Waals surface area (Å²) in [6.45, 7) is 0.684. The molecule has 2 atom stereocenters. The molecule has 0 saturated heterocycles. The van der Waals surface area contributed by atoms with Crippen LogP contribution in [0.5, 0.6) is 11.5 Å². The highest BCUT2D eigenvalue weighted by atomic mass is 16.5. The molecule has 196 valence electrons. The fraction of sp³-hybridized carbons (Fsp3) is 0.267. The third-order valence-electron chi connectivity index (χ3n) is 7.17. The molecule has 5 rings (SSSR count). The largest absolute Gasteiger partial charge is 0.497 e. The van der Waals surface area contributed by atoms with Crippen LogP contribution in [0.25, 0.3) is 10.9 Å². The molecule has 8 heteroatoms. The van der Waals surface area contributed by atoms with Crippen molar-refractivity contribution in [3.8, 4) is 11.5 Å². The average molecular weight is 514 g/mol. The molecule has 0 bridgehead atoms. The van der Waals surface area contributed by atoms with E-state index in [-0.39, 0.29) is 11.8 Å². The Hall–Kier alpha value is -4.30. The second-order valence-electron chi connectivity index (χ2n) is 9.27. The Morgan fingerprint density at radius 2 is 1.71 bits per heavy atom. The molecule has 3 aromatic carbocycles. The zero-order valence-corrected chi connectivity index (χ0v) is 21.9. The van der Waals surface area contributed by atoms with Gasteiger partial charge in [0, 0.05) is 55.0 Å². The first-order chi connectivity index (χ1) is 18.5. The van der Waals surface area contributed by atoms with Crippen LogP contribution in [-0.2, 0) is 16.6 Å². The van der Waals surface area contributed by atoms with Crippen LogP contribution in [0.4, 0.5) is 5.69 Å². The molecule has 1 N–H and O–H groups in total. The van der Waals surface area contributed by atoms with Crippen molar-refractivity contribution in [1.29, 1.82) is 0 Å². The zero-order valence-electron chi connectivity index (χ0n) is 21.9. The quantitative estimate of drug-likeness (QED) is 0.367. The first-order valence-corrected chi connectivity index (χ1v) is 12.4. The minimum atomic E-state index is -0.682. The first-order valence-electron chi connectivity index (χ1n) is 12.4. The number of carbonyl (C=O) groups excluding carboxylic acids is 2. The van der Waals surface area contributed by atoms with E-state index >= 15 is 0 Å². The van der Waals surface area contributed by atoms with E-state index in [0.717, 1.165) is 16.5 Å². The number of nitrogens with one attached hydrogen (secondary N) is 1. The Bertz CT molecular complexity index is 1490. The summed E-state index contributed by atoms with van der Waals surface area (Å²) in [5.74, 6) is 0.0532. The fourth-order valence-electron chi connectivity index (χ4n) is 5.38. The molecule has 8 nitrogen and oxygen atoms in total. The van der Waals surface area contributed by atoms with Gasteiger partial charge in [0.05, 0.1) is 38.5 Å². The topological polar surface area (TPSA) is 82.0 Å². The summed E-state index contributed by atoms with van der Waals surface area (Å²) < 4.78 is 18.2. The number of hydrogen-bond donors (Lipinski definition) is 1. The van der Waals surface area contributed by atoms with Crippen LogP contribution >= 0.6 is 0 Å². The monoisotopic (exact) mass is 513 g/mol. The Kier molecular flexibility index (Phi) is 7.07. The minimum Gasteiger partial charge on any atom is -0.497 e. The molecular formula is C30H31N3O5. The Balaban J connectivity index is 1.68. The van der Waals surface area contributed by atoms with Gasteiger partial charge in [0.15, 0.2) is 0 Å². The first kappa shape index (κ1) is 25.4. The van der Waals surface area contributed by atoms with Crippen LogP contribution in [0, 0.1) is 0 Å². The third-order valence-corrected chi connectivity index (χ3v) is 7.17. The molecule has 0 fully saturated rings. The molecule has 38 heavy (non-hydrogen) atoms. The van der Waals surface area contributed by atoms with Crippen molar-refractivity contribution in [2.75, 3.05) is 39.8 Å². The molecule has 1 aromatic heterocycles. The van der Waals surface area contributed by atoms with E-state index in [1.54, 1.807) is 50.5 Å². The number of hydrogen-bond acceptors (Lipinski definition) is 5. The van der Waals surface area contributed by atoms with E-state index in [1.165, 1.54) is 0 Å². The van der Waals surface area contributed by atoms with Gasteiger partial charge in [0.25, 0.3) is 5.91 Å². The number of nitrogens with zero attached hydrogens (tertiary/aromatic N) is 2. The normalized spacial score (nSPS) is 16.8. The number of aromatic nitrogens is 1. The lowest BCUT2D eigenvalue weighted by Gasteiger charge is -2.41. The van der Waals surface area contributed by atoms with Gasteiger partial charge in [-0.2, -0.15) is 0 Å². The van der Waals surface area contributed by atoms with Crippen LogP contribution in [0.1, 0.15) is 33.4 Å². The molecule has 0 aliphatic carbocycles. The maximum Gasteiger partial charge on any atom is 0.254 e. The van der Waals surface area contributed by atoms with Gasteiger partial charge in [-0.25, -0.2) is 0 Å². The molecule has 0 radical (unpaired) electrons. The molecule has 1 aliphatic rings.